The Labute approximate surface area is 602 Å². The zero-order chi connectivity index (χ0) is 76.5. The number of H-pyrrole nitrogens is 5. The summed E-state index contributed by atoms with van der Waals surface area (Å²) in [5.74, 6) is -0.188. The molecule has 582 valence electrons. The van der Waals surface area contributed by atoms with E-state index < -0.39 is 216 Å². The second-order valence-electron chi connectivity index (χ2n) is 26.6. The van der Waals surface area contributed by atoms with Crippen molar-refractivity contribution < 1.29 is 89.9 Å². The molecule has 0 aliphatic carbocycles. The molecule has 6 aliphatic rings. The first-order chi connectivity index (χ1) is 51.4. The number of nitrogens with zero attached hydrogens (tertiary/aromatic N) is 11. The third-order valence-electron chi connectivity index (χ3n) is 19.3. The highest BCUT2D eigenvalue weighted by atomic mass is 31.2. The second-order valence-corrected chi connectivity index (χ2v) is 29.5. The molecule has 0 bridgehead atoms. The van der Waals surface area contributed by atoms with E-state index in [0.29, 0.717) is 0 Å². The maximum absolute atomic E-state index is 14.5. The van der Waals surface area contributed by atoms with Crippen LogP contribution in [0, 0.1) is 27.7 Å². The summed E-state index contributed by atoms with van der Waals surface area (Å²) in [5.41, 5.74) is 6.08. The predicted molar refractivity (Wildman–Crippen MR) is 361 cm³/mol. The molecule has 6 fully saturated rings. The number of nitrogen functional groups attached to an aromatic ring is 2. The van der Waals surface area contributed by atoms with Crippen molar-refractivity contribution in [2.45, 2.75) is 177 Å². The van der Waals surface area contributed by atoms with E-state index in [4.69, 9.17) is 72.2 Å². The van der Waals surface area contributed by atoms with Gasteiger partial charge in [0.15, 0.2) is 22.6 Å². The number of fused-ring (bicyclic) bond motifs is 2. The molecule has 20 atom stereocenters. The van der Waals surface area contributed by atoms with Crippen LogP contribution in [0.4, 0.5) is 11.8 Å². The molecule has 0 saturated carbocycles. The van der Waals surface area contributed by atoms with Crippen molar-refractivity contribution in [3.8, 4) is 0 Å². The number of aliphatic hydroxyl groups excluding tert-OH is 2. The Morgan fingerprint density at radius 1 is 0.444 bits per heavy atom. The molecule has 46 nitrogen and oxygen atoms in total. The van der Waals surface area contributed by atoms with Crippen molar-refractivity contribution >= 4 is 49.7 Å². The predicted octanol–water partition coefficient (Wildman–Crippen LogP) is -3.20. The van der Waals surface area contributed by atoms with Gasteiger partial charge in [0.25, 0.3) is 27.8 Å². The number of aromatic amines is 5. The zero-order valence-corrected chi connectivity index (χ0v) is 59.3. The van der Waals surface area contributed by atoms with E-state index in [9.17, 15) is 72.3 Å². The van der Waals surface area contributed by atoms with E-state index in [1.54, 1.807) is 0 Å². The van der Waals surface area contributed by atoms with Crippen molar-refractivity contribution in [1.82, 2.24) is 77.2 Å². The lowest BCUT2D eigenvalue weighted by atomic mass is 10.1. The number of rotatable bonds is 26. The number of imidazole rings is 2. The number of hydrogen-bond donors (Lipinski definition) is 11. The van der Waals surface area contributed by atoms with E-state index in [1.807, 2.05) is 0 Å². The summed E-state index contributed by atoms with van der Waals surface area (Å²) in [7, 11) is -10.5. The quantitative estimate of drug-likeness (QED) is 0.0238. The first kappa shape index (κ1) is 75.8. The van der Waals surface area contributed by atoms with Crippen LogP contribution in [0.1, 0.15) is 98.1 Å². The topological polar surface area (TPSA) is 614 Å². The van der Waals surface area contributed by atoms with Gasteiger partial charge in [0, 0.05) is 85.6 Å². The number of nitrogens with one attached hydrogen (secondary N) is 5. The molecule has 14 rings (SSSR count). The number of hydrogen-bond acceptors (Lipinski definition) is 33. The zero-order valence-electron chi connectivity index (χ0n) is 57.5. The van der Waals surface area contributed by atoms with Gasteiger partial charge in [-0.05, 0) is 27.7 Å². The molecule has 2 unspecified atom stereocenters. The average molecular weight is 1560 g/mol. The maximum Gasteiger partial charge on any atom is 0.472 e. The van der Waals surface area contributed by atoms with Crippen LogP contribution in [0.3, 0.4) is 0 Å². The highest BCUT2D eigenvalue weighted by molar-refractivity contribution is 7.47. The lowest BCUT2D eigenvalue weighted by molar-refractivity contribution is -0.124. The molecule has 0 aromatic carbocycles. The summed E-state index contributed by atoms with van der Waals surface area (Å²) in [6, 6.07) is 0. The van der Waals surface area contributed by atoms with Crippen molar-refractivity contribution in [3.63, 3.8) is 0 Å². The molecule has 6 saturated heterocycles. The number of phosphoric ester groups is 2. The average Bonchev–Trinajstić information content (AvgIpc) is 1.64. The Balaban J connectivity index is 0.696. The summed E-state index contributed by atoms with van der Waals surface area (Å²) in [4.78, 5) is 170. The number of aliphatic hydroxyl groups is 2. The number of aryl methyl sites for hydroxylation is 4. The highest BCUT2D eigenvalue weighted by Crippen LogP contribution is 2.51. The Bertz CT molecular complexity index is 5400. The molecule has 13 N–H and O–H groups in total. The Morgan fingerprint density at radius 3 is 1.24 bits per heavy atom. The van der Waals surface area contributed by atoms with Crippen LogP contribution in [0.2, 0.25) is 0 Å². The van der Waals surface area contributed by atoms with Crippen molar-refractivity contribution in [1.29, 1.82) is 0 Å². The molecule has 0 radical (unpaired) electrons. The fraction of sp³-hybridized carbons (Fsp3) is 0.567. The Kier molecular flexibility index (Phi) is 21.4. The highest BCUT2D eigenvalue weighted by Gasteiger charge is 2.49. The molecule has 48 heteroatoms. The van der Waals surface area contributed by atoms with Gasteiger partial charge in [0.05, 0.1) is 76.7 Å². The van der Waals surface area contributed by atoms with Gasteiger partial charge in [-0.15, -0.1) is 0 Å². The Morgan fingerprint density at radius 2 is 0.796 bits per heavy atom. The smallest absolute Gasteiger partial charge is 0.394 e. The fourth-order valence-electron chi connectivity index (χ4n) is 13.7. The van der Waals surface area contributed by atoms with Crippen LogP contribution in [-0.2, 0) is 69.9 Å². The van der Waals surface area contributed by atoms with Crippen molar-refractivity contribution in [3.05, 3.63) is 160 Å². The van der Waals surface area contributed by atoms with Crippen LogP contribution < -0.4 is 62.0 Å². The first-order valence-corrected chi connectivity index (χ1v) is 36.7. The molecule has 6 aliphatic heterocycles. The summed E-state index contributed by atoms with van der Waals surface area (Å²) in [5, 5.41) is 21.4. The minimum absolute atomic E-state index is 0.0280. The molecule has 0 amide bonds. The normalized spacial score (nSPS) is 29.8. The monoisotopic (exact) mass is 1560 g/mol. The number of aromatic nitrogens is 16. The third kappa shape index (κ3) is 15.8. The minimum atomic E-state index is -5.30. The lowest BCUT2D eigenvalue weighted by Crippen LogP contribution is -2.38. The van der Waals surface area contributed by atoms with Gasteiger partial charge < -0.3 is 74.1 Å². The molecule has 108 heavy (non-hydrogen) atoms. The number of nitrogens with two attached hydrogens (primary N) is 2. The van der Waals surface area contributed by atoms with Gasteiger partial charge in [-0.3, -0.25) is 94.4 Å². The first-order valence-electron chi connectivity index (χ1n) is 33.8. The van der Waals surface area contributed by atoms with Gasteiger partial charge in [-0.1, -0.05) is 0 Å². The van der Waals surface area contributed by atoms with E-state index >= 15 is 0 Å². The van der Waals surface area contributed by atoms with Crippen molar-refractivity contribution in [2.75, 3.05) is 51.1 Å². The fourth-order valence-corrected chi connectivity index (χ4v) is 15.7. The number of phosphoric acid groups is 2. The molecule has 8 aromatic heterocycles. The van der Waals surface area contributed by atoms with Gasteiger partial charge >= 0.3 is 38.4 Å². The summed E-state index contributed by atoms with van der Waals surface area (Å²) >= 11 is 0. The second kappa shape index (κ2) is 30.5. The summed E-state index contributed by atoms with van der Waals surface area (Å²) in [6.07, 6.45) is -13.8. The van der Waals surface area contributed by atoms with Crippen LogP contribution >= 0.6 is 15.6 Å². The summed E-state index contributed by atoms with van der Waals surface area (Å²) < 4.78 is 116. The van der Waals surface area contributed by atoms with Crippen LogP contribution in [0.5, 0.6) is 0 Å². The van der Waals surface area contributed by atoms with Crippen LogP contribution in [0.15, 0.2) is 86.9 Å². The Hall–Kier alpha value is -9.00. The van der Waals surface area contributed by atoms with Gasteiger partial charge in [0.2, 0.25) is 5.95 Å². The van der Waals surface area contributed by atoms with E-state index in [1.165, 1.54) is 80.6 Å². The van der Waals surface area contributed by atoms with Crippen LogP contribution in [0.25, 0.3) is 22.3 Å². The molecular weight excluding hydrogens is 1480 g/mol. The maximum atomic E-state index is 14.5. The number of ether oxygens (including phenoxy) is 9. The summed E-state index contributed by atoms with van der Waals surface area (Å²) in [6.45, 7) is 2.30. The van der Waals surface area contributed by atoms with Gasteiger partial charge in [-0.25, -0.2) is 48.2 Å². The van der Waals surface area contributed by atoms with E-state index in [2.05, 4.69) is 49.8 Å². The van der Waals surface area contributed by atoms with Gasteiger partial charge in [-0.2, -0.15) is 4.98 Å². The number of anilines is 2. The molecule has 0 spiro atoms. The van der Waals surface area contributed by atoms with E-state index in [0.717, 1.165) is 18.3 Å². The van der Waals surface area contributed by atoms with Gasteiger partial charge in [0.1, 0.15) is 98.0 Å². The lowest BCUT2D eigenvalue weighted by Gasteiger charge is -2.26. The standard InChI is InChI=1S/C60H74N18O28P2/c1-24-11-73(57(86)69-51(24)81)41-6-29(34(15-79)99-41)94-17-37-32(9-43(102-37)75-13-26(3)53(83)71-59(75)88)106-108(92,93)98-20-39-31(8-45(104-39)77-22-65-46-48(61)63-21-64-49(46)77)95-16-36-30(7-42(101-36)74-12-25(2)52(82)70-58(74)87)96-18-38-33(10-44(103-38)76-14-27(4)54(84)72-60(76)89)105-107(90,91)97-19-35-28(80)5-40(100-35)78-23-66-47-50(78)67-56(62)68-55(47)85/h11-14,21-23,28-45,79-80H,5-10,15-20H2,1-4H3,(H,90,91)(H,92,93)(H2,61,63,64)(H,69,81,86)(H,70,82,87)(H,71,83,88)(H,72,84,89)(H3,62,67,68,85)/t28-,29-,30-,31-,32-,33-,34+,35+,36+,37+,38+,39+,40+,41+,42+,43+,44+,45+/m0/s1. The minimum Gasteiger partial charge on any atom is -0.394 e. The third-order valence-corrected chi connectivity index (χ3v) is 21.4. The largest absolute Gasteiger partial charge is 0.472 e. The SMILES string of the molecule is Cc1cn([C@H]2C[C@H](OC[C@H]3O[C@@H](n4cc(C)c(=O)[nH]c4=O)C[C@@H]3OP(=O)(O)OC[C@H]3O[C@@H](n4cnc5c(N)ncnc54)C[C@@H]3OC[C@H]3O[C@@H](n4cc(C)c(=O)[nH]c4=O)C[C@@H]3OC[C@H]3O[C@@H](n4cc(C)c(=O)[nH]c4=O)C[C@@H]3OP(=O)(O)OC[C@H]3O[C@@H](n4cnc5c(=O)[nH]c(N)nc54)C[C@@H]3O)[C@@H](CO)O2)c(=O)[nH]c1=O. The molecule has 8 aromatic rings. The molecular formula is C60H74N18O28P2. The van der Waals surface area contributed by atoms with Crippen molar-refractivity contribution in [2.24, 2.45) is 0 Å². The van der Waals surface area contributed by atoms with Crippen LogP contribution in [-0.4, -0.2) is 210 Å². The van der Waals surface area contributed by atoms with E-state index in [-0.39, 0.29) is 94.9 Å². The molecule has 14 heterocycles.